The molecular weight excluding hydrogens is 304 g/mol. The summed E-state index contributed by atoms with van der Waals surface area (Å²) in [5.41, 5.74) is 7.10. The van der Waals surface area contributed by atoms with Gasteiger partial charge in [-0.25, -0.2) is 0 Å². The van der Waals surface area contributed by atoms with Crippen LogP contribution in [0.1, 0.15) is 44.1 Å². The first kappa shape index (κ1) is 14.5. The molecule has 1 aromatic rings. The van der Waals surface area contributed by atoms with Crippen molar-refractivity contribution in [1.29, 1.82) is 0 Å². The van der Waals surface area contributed by atoms with Crippen molar-refractivity contribution in [2.24, 2.45) is 5.73 Å². The molecular formula is C15H21BrN2O. The van der Waals surface area contributed by atoms with Crippen molar-refractivity contribution in [1.82, 2.24) is 5.32 Å². The Labute approximate surface area is 123 Å². The molecule has 0 unspecified atom stereocenters. The van der Waals surface area contributed by atoms with Gasteiger partial charge in [-0.05, 0) is 24.5 Å². The largest absolute Gasteiger partial charge is 0.352 e. The highest BCUT2D eigenvalue weighted by Gasteiger charge is 2.29. The third-order valence-electron chi connectivity index (χ3n) is 3.80. The lowest BCUT2D eigenvalue weighted by molar-refractivity contribution is -0.122. The van der Waals surface area contributed by atoms with E-state index in [0.29, 0.717) is 13.0 Å². The molecule has 1 amide bonds. The average Bonchev–Trinajstić information content (AvgIpc) is 2.38. The van der Waals surface area contributed by atoms with E-state index in [1.807, 2.05) is 24.3 Å². The zero-order valence-corrected chi connectivity index (χ0v) is 12.7. The van der Waals surface area contributed by atoms with Crippen LogP contribution in [0.25, 0.3) is 0 Å². The van der Waals surface area contributed by atoms with Crippen LogP contribution in [-0.4, -0.2) is 11.4 Å². The zero-order valence-electron chi connectivity index (χ0n) is 11.1. The highest BCUT2D eigenvalue weighted by Crippen LogP contribution is 2.28. The van der Waals surface area contributed by atoms with Crippen molar-refractivity contribution in [2.45, 2.75) is 50.6 Å². The number of carbonyl (C=O) groups excluding carboxylic acids is 1. The van der Waals surface area contributed by atoms with Gasteiger partial charge in [0.25, 0.3) is 0 Å². The number of halogens is 1. The average molecular weight is 325 g/mol. The van der Waals surface area contributed by atoms with Crippen molar-refractivity contribution in [3.63, 3.8) is 0 Å². The smallest absolute Gasteiger partial charge is 0.222 e. The van der Waals surface area contributed by atoms with E-state index < -0.39 is 0 Å². The highest BCUT2D eigenvalue weighted by molar-refractivity contribution is 9.10. The molecule has 0 bridgehead atoms. The van der Waals surface area contributed by atoms with Crippen LogP contribution in [0, 0.1) is 0 Å². The van der Waals surface area contributed by atoms with E-state index in [2.05, 4.69) is 21.2 Å². The summed E-state index contributed by atoms with van der Waals surface area (Å²) in [6.45, 7) is 0.552. The quantitative estimate of drug-likeness (QED) is 0.894. The summed E-state index contributed by atoms with van der Waals surface area (Å²) in [5.74, 6) is 0.0557. The monoisotopic (exact) mass is 324 g/mol. The fourth-order valence-corrected chi connectivity index (χ4v) is 3.08. The molecule has 1 saturated carbocycles. The predicted molar refractivity (Wildman–Crippen MR) is 80.6 cm³/mol. The lowest BCUT2D eigenvalue weighted by Crippen LogP contribution is -2.45. The fraction of sp³-hybridized carbons (Fsp3) is 0.533. The molecule has 104 valence electrons. The van der Waals surface area contributed by atoms with Crippen molar-refractivity contribution in [3.8, 4) is 0 Å². The molecule has 4 heteroatoms. The van der Waals surface area contributed by atoms with Gasteiger partial charge in [0.15, 0.2) is 0 Å². The van der Waals surface area contributed by atoms with Crippen LogP contribution in [0.15, 0.2) is 28.7 Å². The van der Waals surface area contributed by atoms with E-state index >= 15 is 0 Å². The Kier molecular flexibility index (Phi) is 4.99. The molecule has 2 rings (SSSR count). The normalized spacial score (nSPS) is 18.0. The molecule has 3 N–H and O–H groups in total. The fourth-order valence-electron chi connectivity index (χ4n) is 2.65. The van der Waals surface area contributed by atoms with Crippen LogP contribution >= 0.6 is 15.9 Å². The van der Waals surface area contributed by atoms with Gasteiger partial charge in [-0.1, -0.05) is 53.4 Å². The highest BCUT2D eigenvalue weighted by atomic mass is 79.9. The Hall–Kier alpha value is -0.870. The van der Waals surface area contributed by atoms with Gasteiger partial charge in [0.2, 0.25) is 5.91 Å². The summed E-state index contributed by atoms with van der Waals surface area (Å²) in [4.78, 5) is 12.0. The van der Waals surface area contributed by atoms with Gasteiger partial charge in [-0.15, -0.1) is 0 Å². The lowest BCUT2D eigenvalue weighted by atomic mass is 9.80. The molecule has 1 aliphatic rings. The van der Waals surface area contributed by atoms with Gasteiger partial charge >= 0.3 is 0 Å². The van der Waals surface area contributed by atoms with Crippen LogP contribution in [0.2, 0.25) is 0 Å². The van der Waals surface area contributed by atoms with Crippen LogP contribution < -0.4 is 11.1 Å². The first-order valence-corrected chi connectivity index (χ1v) is 7.67. The number of hydrogen-bond acceptors (Lipinski definition) is 2. The van der Waals surface area contributed by atoms with Gasteiger partial charge in [-0.2, -0.15) is 0 Å². The summed E-state index contributed by atoms with van der Waals surface area (Å²) < 4.78 is 1.02. The third kappa shape index (κ3) is 4.32. The van der Waals surface area contributed by atoms with Crippen LogP contribution in [0.3, 0.4) is 0 Å². The maximum atomic E-state index is 12.0. The topological polar surface area (TPSA) is 55.1 Å². The Balaban J connectivity index is 1.83. The van der Waals surface area contributed by atoms with E-state index in [-0.39, 0.29) is 11.4 Å². The molecule has 0 aliphatic heterocycles. The van der Waals surface area contributed by atoms with E-state index in [9.17, 15) is 4.79 Å². The molecule has 3 nitrogen and oxygen atoms in total. The Morgan fingerprint density at radius 3 is 2.63 bits per heavy atom. The van der Waals surface area contributed by atoms with Crippen LogP contribution in [-0.2, 0) is 11.3 Å². The van der Waals surface area contributed by atoms with Crippen LogP contribution in [0.5, 0.6) is 0 Å². The van der Waals surface area contributed by atoms with Crippen LogP contribution in [0.4, 0.5) is 0 Å². The molecule has 0 spiro atoms. The van der Waals surface area contributed by atoms with Gasteiger partial charge in [0.1, 0.15) is 0 Å². The van der Waals surface area contributed by atoms with Crippen molar-refractivity contribution >= 4 is 21.8 Å². The molecule has 1 aliphatic carbocycles. The summed E-state index contributed by atoms with van der Waals surface area (Å²) >= 11 is 3.48. The molecule has 0 heterocycles. The predicted octanol–water partition coefficient (Wildman–Crippen LogP) is 3.12. The third-order valence-corrected chi connectivity index (χ3v) is 4.57. The number of benzene rings is 1. The Morgan fingerprint density at radius 2 is 1.95 bits per heavy atom. The molecule has 1 fully saturated rings. The van der Waals surface area contributed by atoms with Crippen molar-refractivity contribution < 1.29 is 4.79 Å². The standard InChI is InChI=1S/C15H21BrN2O/c16-13-7-3-2-6-12(13)11-18-14(19)10-15(17)8-4-1-5-9-15/h2-3,6-7H,1,4-5,8-11,17H2,(H,18,19). The maximum absolute atomic E-state index is 12.0. The molecule has 0 aromatic heterocycles. The summed E-state index contributed by atoms with van der Waals surface area (Å²) in [6.07, 6.45) is 5.92. The zero-order chi connectivity index (χ0) is 13.7. The van der Waals surface area contributed by atoms with Gasteiger partial charge < -0.3 is 11.1 Å². The molecule has 1 aromatic carbocycles. The number of rotatable bonds is 4. The minimum Gasteiger partial charge on any atom is -0.352 e. The second-order valence-corrected chi connectivity index (χ2v) is 6.32. The molecule has 0 saturated heterocycles. The minimum absolute atomic E-state index is 0.0557. The van der Waals surface area contributed by atoms with Crippen molar-refractivity contribution in [2.75, 3.05) is 0 Å². The van der Waals surface area contributed by atoms with E-state index in [1.165, 1.54) is 6.42 Å². The Morgan fingerprint density at radius 1 is 1.26 bits per heavy atom. The number of carbonyl (C=O) groups is 1. The Bertz CT molecular complexity index is 442. The van der Waals surface area contributed by atoms with Gasteiger partial charge in [0, 0.05) is 23.0 Å². The van der Waals surface area contributed by atoms with Gasteiger partial charge in [-0.3, -0.25) is 4.79 Å². The second kappa shape index (κ2) is 6.53. The number of nitrogens with two attached hydrogens (primary N) is 1. The molecule has 0 atom stereocenters. The first-order chi connectivity index (χ1) is 9.09. The van der Waals surface area contributed by atoms with E-state index in [1.54, 1.807) is 0 Å². The SMILES string of the molecule is NC1(CC(=O)NCc2ccccc2Br)CCCCC1. The first-order valence-electron chi connectivity index (χ1n) is 6.88. The molecule has 19 heavy (non-hydrogen) atoms. The number of hydrogen-bond donors (Lipinski definition) is 2. The second-order valence-electron chi connectivity index (χ2n) is 5.47. The number of nitrogens with one attached hydrogen (secondary N) is 1. The summed E-state index contributed by atoms with van der Waals surface area (Å²) in [6, 6.07) is 7.92. The minimum atomic E-state index is -0.281. The van der Waals surface area contributed by atoms with Crippen molar-refractivity contribution in [3.05, 3.63) is 34.3 Å². The maximum Gasteiger partial charge on any atom is 0.222 e. The van der Waals surface area contributed by atoms with E-state index in [0.717, 1.165) is 35.7 Å². The molecule has 0 radical (unpaired) electrons. The summed E-state index contributed by atoms with van der Waals surface area (Å²) in [5, 5.41) is 2.96. The summed E-state index contributed by atoms with van der Waals surface area (Å²) in [7, 11) is 0. The lowest BCUT2D eigenvalue weighted by Gasteiger charge is -2.32. The number of amides is 1. The van der Waals surface area contributed by atoms with Gasteiger partial charge in [0.05, 0.1) is 0 Å². The van der Waals surface area contributed by atoms with E-state index in [4.69, 9.17) is 5.73 Å².